The molecule has 1 atom stereocenters. The molecule has 0 aliphatic heterocycles. The van der Waals surface area contributed by atoms with Crippen LogP contribution >= 0.6 is 0 Å². The first kappa shape index (κ1) is 16.1. The highest BCUT2D eigenvalue weighted by Crippen LogP contribution is 2.16. The van der Waals surface area contributed by atoms with E-state index in [0.29, 0.717) is 0 Å². The van der Waals surface area contributed by atoms with Crippen LogP contribution in [0, 0.1) is 0 Å². The Labute approximate surface area is 102 Å². The van der Waals surface area contributed by atoms with Gasteiger partial charge >= 0.3 is 5.97 Å². The topological polar surface area (TPSA) is 107 Å². The zero-order valence-electron chi connectivity index (χ0n) is 10.3. The normalized spacial score (nSPS) is 14.2. The maximum atomic E-state index is 11.3. The Morgan fingerprint density at radius 2 is 2.00 bits per heavy atom. The molecule has 3 N–H and O–H groups in total. The molecule has 0 aromatic heterocycles. The molecule has 0 bridgehead atoms. The molecule has 0 fully saturated rings. The van der Waals surface area contributed by atoms with Gasteiger partial charge in [0.15, 0.2) is 0 Å². The molecular weight excluding hydrogens is 246 g/mol. The largest absolute Gasteiger partial charge is 0.457 e. The first-order valence-electron chi connectivity index (χ1n) is 5.04. The summed E-state index contributed by atoms with van der Waals surface area (Å²) >= 11 is 0. The number of carbonyl (C=O) groups excluding carboxylic acids is 1. The number of rotatable bonds is 6. The van der Waals surface area contributed by atoms with Crippen molar-refractivity contribution in [3.8, 4) is 0 Å². The van der Waals surface area contributed by atoms with Gasteiger partial charge in [-0.15, -0.1) is 0 Å². The Hall–Kier alpha value is -0.920. The Balaban J connectivity index is 4.68. The molecule has 6 nitrogen and oxygen atoms in total. The smallest absolute Gasteiger partial charge is 0.333 e. The minimum absolute atomic E-state index is 0.0681. The summed E-state index contributed by atoms with van der Waals surface area (Å²) < 4.78 is 35.0. The van der Waals surface area contributed by atoms with Crippen LogP contribution in [-0.4, -0.2) is 36.3 Å². The Kier molecular flexibility index (Phi) is 5.31. The van der Waals surface area contributed by atoms with E-state index in [0.717, 1.165) is 0 Å². The van der Waals surface area contributed by atoms with Crippen LogP contribution < -0.4 is 5.73 Å². The van der Waals surface area contributed by atoms with Crippen LogP contribution in [0.3, 0.4) is 0 Å². The molecule has 100 valence electrons. The van der Waals surface area contributed by atoms with E-state index in [4.69, 9.17) is 15.0 Å². The van der Waals surface area contributed by atoms with Crippen molar-refractivity contribution in [3.63, 3.8) is 0 Å². The molecule has 0 saturated heterocycles. The highest BCUT2D eigenvalue weighted by Gasteiger charge is 2.30. The van der Waals surface area contributed by atoms with Crippen LogP contribution in [0.15, 0.2) is 12.2 Å². The van der Waals surface area contributed by atoms with Crippen LogP contribution in [0.5, 0.6) is 0 Å². The van der Waals surface area contributed by atoms with Crippen molar-refractivity contribution >= 4 is 16.1 Å². The fourth-order valence-corrected chi connectivity index (χ4v) is 1.58. The lowest BCUT2D eigenvalue weighted by atomic mass is 9.96. The molecule has 7 heteroatoms. The summed E-state index contributed by atoms with van der Waals surface area (Å²) in [7, 11) is -4.10. The summed E-state index contributed by atoms with van der Waals surface area (Å²) in [6.07, 6.45) is -0.880. The van der Waals surface area contributed by atoms with E-state index in [2.05, 4.69) is 6.58 Å². The van der Waals surface area contributed by atoms with Crippen molar-refractivity contribution in [1.82, 2.24) is 0 Å². The summed E-state index contributed by atoms with van der Waals surface area (Å²) in [5, 5.41) is 0. The van der Waals surface area contributed by atoms with Gasteiger partial charge in [0.2, 0.25) is 0 Å². The first-order chi connectivity index (χ1) is 7.43. The fourth-order valence-electron chi connectivity index (χ4n) is 1.07. The summed E-state index contributed by atoms with van der Waals surface area (Å²) in [4.78, 5) is 11.3. The van der Waals surface area contributed by atoms with Crippen molar-refractivity contribution in [3.05, 3.63) is 12.2 Å². The van der Waals surface area contributed by atoms with Gasteiger partial charge in [0.05, 0.1) is 5.75 Å². The molecule has 0 aliphatic carbocycles. The number of ether oxygens (including phenoxy) is 1. The average Bonchev–Trinajstić information content (AvgIpc) is 2.07. The van der Waals surface area contributed by atoms with Gasteiger partial charge in [0, 0.05) is 17.5 Å². The first-order valence-corrected chi connectivity index (χ1v) is 6.65. The zero-order chi connectivity index (χ0) is 13.9. The molecule has 17 heavy (non-hydrogen) atoms. The minimum Gasteiger partial charge on any atom is -0.457 e. The molecule has 0 radical (unpaired) electrons. The van der Waals surface area contributed by atoms with Crippen molar-refractivity contribution in [2.45, 2.75) is 38.8 Å². The van der Waals surface area contributed by atoms with Gasteiger partial charge in [-0.1, -0.05) is 6.58 Å². The van der Waals surface area contributed by atoms with Crippen LogP contribution in [0.2, 0.25) is 0 Å². The van der Waals surface area contributed by atoms with Gasteiger partial charge in [0.1, 0.15) is 6.10 Å². The van der Waals surface area contributed by atoms with Crippen molar-refractivity contribution in [2.75, 3.05) is 5.75 Å². The second-order valence-electron chi connectivity index (χ2n) is 4.57. The average molecular weight is 265 g/mol. The van der Waals surface area contributed by atoms with Crippen molar-refractivity contribution in [1.29, 1.82) is 0 Å². The molecule has 0 saturated carbocycles. The molecule has 0 aromatic rings. The van der Waals surface area contributed by atoms with Gasteiger partial charge in [-0.25, -0.2) is 4.79 Å². The van der Waals surface area contributed by atoms with Gasteiger partial charge < -0.3 is 10.5 Å². The van der Waals surface area contributed by atoms with E-state index >= 15 is 0 Å². The number of carbonyl (C=O) groups is 1. The van der Waals surface area contributed by atoms with E-state index in [1.807, 2.05) is 0 Å². The second-order valence-corrected chi connectivity index (χ2v) is 6.14. The van der Waals surface area contributed by atoms with Crippen molar-refractivity contribution in [2.24, 2.45) is 5.73 Å². The quantitative estimate of drug-likeness (QED) is 0.411. The highest BCUT2D eigenvalue weighted by atomic mass is 32.2. The van der Waals surface area contributed by atoms with E-state index in [1.165, 1.54) is 6.92 Å². The van der Waals surface area contributed by atoms with E-state index in [9.17, 15) is 13.2 Å². The SMILES string of the molecule is C=C(C)C(=O)OC(CCS(=O)(=O)O)C(C)(C)N. The van der Waals surface area contributed by atoms with E-state index in [-0.39, 0.29) is 12.0 Å². The third-order valence-corrected chi connectivity index (χ3v) is 2.82. The van der Waals surface area contributed by atoms with Crippen LogP contribution in [0.4, 0.5) is 0 Å². The van der Waals surface area contributed by atoms with Crippen molar-refractivity contribution < 1.29 is 22.5 Å². The lowest BCUT2D eigenvalue weighted by Gasteiger charge is -2.29. The molecule has 0 aliphatic rings. The predicted molar refractivity (Wildman–Crippen MR) is 64.0 cm³/mol. The summed E-state index contributed by atoms with van der Waals surface area (Å²) in [5.41, 5.74) is 5.07. The summed E-state index contributed by atoms with van der Waals surface area (Å²) in [6.45, 7) is 8.10. The fraction of sp³-hybridized carbons (Fsp3) is 0.700. The van der Waals surface area contributed by atoms with Gasteiger partial charge in [-0.2, -0.15) is 8.42 Å². The Morgan fingerprint density at radius 1 is 1.53 bits per heavy atom. The van der Waals surface area contributed by atoms with E-state index in [1.54, 1.807) is 13.8 Å². The number of nitrogens with two attached hydrogens (primary N) is 1. The lowest BCUT2D eigenvalue weighted by Crippen LogP contribution is -2.48. The molecule has 0 aromatic carbocycles. The Bertz CT molecular complexity index is 393. The number of esters is 1. The van der Waals surface area contributed by atoms with Gasteiger partial charge in [0.25, 0.3) is 10.1 Å². The monoisotopic (exact) mass is 265 g/mol. The second kappa shape index (κ2) is 5.61. The minimum atomic E-state index is -4.10. The van der Waals surface area contributed by atoms with Crippen LogP contribution in [0.25, 0.3) is 0 Å². The maximum Gasteiger partial charge on any atom is 0.333 e. The standard InChI is InChI=1S/C10H19NO5S/c1-7(2)9(12)16-8(10(3,4)11)5-6-17(13,14)15/h8H,1,5-6,11H2,2-4H3,(H,13,14,15). The van der Waals surface area contributed by atoms with Gasteiger partial charge in [-0.05, 0) is 20.8 Å². The third kappa shape index (κ3) is 7.09. The summed E-state index contributed by atoms with van der Waals surface area (Å²) in [6, 6.07) is 0. The molecular formula is C10H19NO5S. The van der Waals surface area contributed by atoms with Crippen LogP contribution in [-0.2, 0) is 19.6 Å². The number of hydrogen-bond donors (Lipinski definition) is 2. The molecule has 0 heterocycles. The number of hydrogen-bond acceptors (Lipinski definition) is 5. The molecule has 0 amide bonds. The lowest BCUT2D eigenvalue weighted by molar-refractivity contribution is -0.147. The highest BCUT2D eigenvalue weighted by molar-refractivity contribution is 7.85. The van der Waals surface area contributed by atoms with E-state index < -0.39 is 33.5 Å². The molecule has 0 rings (SSSR count). The predicted octanol–water partition coefficient (Wildman–Crippen LogP) is 0.489. The third-order valence-electron chi connectivity index (χ3n) is 2.07. The maximum absolute atomic E-state index is 11.3. The summed E-state index contributed by atoms with van der Waals surface area (Å²) in [5.74, 6) is -1.15. The molecule has 0 spiro atoms. The van der Waals surface area contributed by atoms with Gasteiger partial charge in [-0.3, -0.25) is 4.55 Å². The molecule has 1 unspecified atom stereocenters. The van der Waals surface area contributed by atoms with Crippen LogP contribution in [0.1, 0.15) is 27.2 Å². The zero-order valence-corrected chi connectivity index (χ0v) is 11.1. The Morgan fingerprint density at radius 3 is 2.29 bits per heavy atom.